The Balaban J connectivity index is 2.04. The number of nitrogens with two attached hydrogens (primary N) is 2. The molecule has 0 fully saturated rings. The molecule has 0 radical (unpaired) electrons. The Morgan fingerprint density at radius 2 is 1.73 bits per heavy atom. The predicted molar refractivity (Wildman–Crippen MR) is 84.7 cm³/mol. The van der Waals surface area contributed by atoms with Gasteiger partial charge in [-0.1, -0.05) is 18.2 Å². The molecule has 0 aliphatic rings. The molecule has 22 heavy (non-hydrogen) atoms. The normalized spacial score (nSPS) is 10.9. The zero-order chi connectivity index (χ0) is 15.5. The molecule has 2 aromatic carbocycles. The van der Waals surface area contributed by atoms with E-state index < -0.39 is 0 Å². The van der Waals surface area contributed by atoms with E-state index in [1.165, 1.54) is 12.1 Å². The molecule has 1 heterocycles. The molecular formula is C17H17FN4. The zero-order valence-corrected chi connectivity index (χ0v) is 12.0. The smallest absolute Gasteiger partial charge is 0.123 e. The first-order valence-electron chi connectivity index (χ1n) is 7.06. The van der Waals surface area contributed by atoms with Crippen LogP contribution in [0.5, 0.6) is 0 Å². The van der Waals surface area contributed by atoms with Crippen molar-refractivity contribution in [2.24, 2.45) is 11.5 Å². The maximum atomic E-state index is 13.3. The van der Waals surface area contributed by atoms with Gasteiger partial charge in [-0.15, -0.1) is 0 Å². The zero-order valence-electron chi connectivity index (χ0n) is 12.0. The van der Waals surface area contributed by atoms with Crippen LogP contribution in [0.25, 0.3) is 16.9 Å². The lowest BCUT2D eigenvalue weighted by atomic mass is 10.0. The fraction of sp³-hybridized carbons (Fsp3) is 0.118. The molecular weight excluding hydrogens is 279 g/mol. The molecule has 0 amide bonds. The van der Waals surface area contributed by atoms with E-state index in [9.17, 15) is 4.39 Å². The lowest BCUT2D eigenvalue weighted by Gasteiger charge is -2.08. The quantitative estimate of drug-likeness (QED) is 0.777. The first-order chi connectivity index (χ1) is 10.7. The van der Waals surface area contributed by atoms with E-state index in [1.807, 2.05) is 36.5 Å². The van der Waals surface area contributed by atoms with E-state index in [1.54, 1.807) is 10.7 Å². The Kier molecular flexibility index (Phi) is 4.00. The summed E-state index contributed by atoms with van der Waals surface area (Å²) >= 11 is 0. The molecule has 3 aromatic rings. The van der Waals surface area contributed by atoms with Crippen molar-refractivity contribution in [3.8, 4) is 16.9 Å². The number of hydrogen-bond donors (Lipinski definition) is 2. The highest BCUT2D eigenvalue weighted by atomic mass is 19.1. The number of nitrogens with zero attached hydrogens (tertiary/aromatic N) is 2. The van der Waals surface area contributed by atoms with Crippen molar-refractivity contribution >= 4 is 0 Å². The average Bonchev–Trinajstić information content (AvgIpc) is 3.04. The molecule has 1 aromatic heterocycles. The summed E-state index contributed by atoms with van der Waals surface area (Å²) in [6.07, 6.45) is 1.87. The van der Waals surface area contributed by atoms with Crippen LogP contribution in [-0.4, -0.2) is 9.78 Å². The summed E-state index contributed by atoms with van der Waals surface area (Å²) in [5.41, 5.74) is 15.7. The van der Waals surface area contributed by atoms with Gasteiger partial charge in [0.05, 0.1) is 11.4 Å². The second-order valence-corrected chi connectivity index (χ2v) is 4.98. The molecule has 0 saturated carbocycles. The number of rotatable bonds is 4. The highest BCUT2D eigenvalue weighted by Crippen LogP contribution is 2.24. The third kappa shape index (κ3) is 2.64. The number of para-hydroxylation sites is 1. The van der Waals surface area contributed by atoms with Gasteiger partial charge in [0.15, 0.2) is 0 Å². The van der Waals surface area contributed by atoms with Gasteiger partial charge in [0.1, 0.15) is 5.82 Å². The second-order valence-electron chi connectivity index (χ2n) is 4.98. The number of aromatic nitrogens is 2. The third-order valence-electron chi connectivity index (χ3n) is 3.61. The van der Waals surface area contributed by atoms with E-state index in [2.05, 4.69) is 5.10 Å². The largest absolute Gasteiger partial charge is 0.326 e. The van der Waals surface area contributed by atoms with E-state index in [4.69, 9.17) is 11.5 Å². The molecule has 0 saturated heterocycles. The van der Waals surface area contributed by atoms with Gasteiger partial charge in [0.2, 0.25) is 0 Å². The fourth-order valence-electron chi connectivity index (χ4n) is 2.49. The summed E-state index contributed by atoms with van der Waals surface area (Å²) < 4.78 is 15.1. The Morgan fingerprint density at radius 3 is 2.50 bits per heavy atom. The summed E-state index contributed by atoms with van der Waals surface area (Å²) in [6, 6.07) is 14.3. The summed E-state index contributed by atoms with van der Waals surface area (Å²) in [6.45, 7) is 0.704. The van der Waals surface area contributed by atoms with Crippen molar-refractivity contribution in [1.29, 1.82) is 0 Å². The Hall–Kier alpha value is -2.50. The van der Waals surface area contributed by atoms with Crippen molar-refractivity contribution < 1.29 is 4.39 Å². The number of benzene rings is 2. The molecule has 0 unspecified atom stereocenters. The molecule has 0 aliphatic heterocycles. The van der Waals surface area contributed by atoms with E-state index in [-0.39, 0.29) is 12.4 Å². The summed E-state index contributed by atoms with van der Waals surface area (Å²) in [5, 5.41) is 4.58. The minimum absolute atomic E-state index is 0.263. The van der Waals surface area contributed by atoms with Crippen LogP contribution in [0.15, 0.2) is 54.7 Å². The van der Waals surface area contributed by atoms with Gasteiger partial charge >= 0.3 is 0 Å². The Labute approximate surface area is 128 Å². The van der Waals surface area contributed by atoms with E-state index >= 15 is 0 Å². The highest BCUT2D eigenvalue weighted by Gasteiger charge is 2.10. The Morgan fingerprint density at radius 1 is 0.955 bits per heavy atom. The maximum absolute atomic E-state index is 13.3. The summed E-state index contributed by atoms with van der Waals surface area (Å²) in [4.78, 5) is 0. The van der Waals surface area contributed by atoms with Crippen LogP contribution in [0.1, 0.15) is 11.1 Å². The number of halogens is 1. The second kappa shape index (κ2) is 6.09. The van der Waals surface area contributed by atoms with Crippen molar-refractivity contribution in [2.75, 3.05) is 0 Å². The van der Waals surface area contributed by atoms with Gasteiger partial charge in [-0.25, -0.2) is 9.07 Å². The minimum atomic E-state index is -0.294. The molecule has 4 N–H and O–H groups in total. The summed E-state index contributed by atoms with van der Waals surface area (Å²) in [7, 11) is 0. The van der Waals surface area contributed by atoms with Gasteiger partial charge in [-0.3, -0.25) is 0 Å². The first kappa shape index (κ1) is 14.4. The van der Waals surface area contributed by atoms with Crippen LogP contribution in [0.2, 0.25) is 0 Å². The van der Waals surface area contributed by atoms with Gasteiger partial charge in [0, 0.05) is 24.8 Å². The van der Waals surface area contributed by atoms with Crippen LogP contribution >= 0.6 is 0 Å². The van der Waals surface area contributed by atoms with Crippen molar-refractivity contribution in [3.63, 3.8) is 0 Å². The van der Waals surface area contributed by atoms with Gasteiger partial charge in [-0.05, 0) is 41.5 Å². The Bertz CT molecular complexity index is 795. The lowest BCUT2D eigenvalue weighted by molar-refractivity contribution is 0.625. The van der Waals surface area contributed by atoms with Crippen LogP contribution < -0.4 is 11.5 Å². The van der Waals surface area contributed by atoms with E-state index in [0.717, 1.165) is 28.1 Å². The van der Waals surface area contributed by atoms with Crippen LogP contribution in [0, 0.1) is 5.82 Å². The minimum Gasteiger partial charge on any atom is -0.326 e. The van der Waals surface area contributed by atoms with Gasteiger partial charge in [0.25, 0.3) is 0 Å². The molecule has 112 valence electrons. The van der Waals surface area contributed by atoms with Crippen LogP contribution in [0.3, 0.4) is 0 Å². The van der Waals surface area contributed by atoms with Crippen molar-refractivity contribution in [2.45, 2.75) is 13.1 Å². The van der Waals surface area contributed by atoms with Crippen molar-refractivity contribution in [1.82, 2.24) is 9.78 Å². The molecule has 3 rings (SSSR count). The molecule has 0 spiro atoms. The fourth-order valence-corrected chi connectivity index (χ4v) is 2.49. The maximum Gasteiger partial charge on any atom is 0.123 e. The SMILES string of the molecule is NCc1cc(F)ccc1-c1ccn(-c2ccccc2CN)n1. The molecule has 5 heteroatoms. The molecule has 4 nitrogen and oxygen atoms in total. The lowest BCUT2D eigenvalue weighted by Crippen LogP contribution is -2.05. The van der Waals surface area contributed by atoms with Crippen molar-refractivity contribution in [3.05, 3.63) is 71.7 Å². The summed E-state index contributed by atoms with van der Waals surface area (Å²) in [5.74, 6) is -0.294. The standard InChI is InChI=1S/C17H17FN4/c18-14-5-6-15(13(9-14)11-20)16-7-8-22(21-16)17-4-2-1-3-12(17)10-19/h1-9H,10-11,19-20H2. The molecule has 0 atom stereocenters. The predicted octanol–water partition coefficient (Wildman–Crippen LogP) is 2.60. The first-order valence-corrected chi connectivity index (χ1v) is 7.06. The monoisotopic (exact) mass is 296 g/mol. The highest BCUT2D eigenvalue weighted by molar-refractivity contribution is 5.63. The van der Waals surface area contributed by atoms with Crippen LogP contribution in [-0.2, 0) is 13.1 Å². The topological polar surface area (TPSA) is 69.9 Å². The molecule has 0 bridgehead atoms. The van der Waals surface area contributed by atoms with Gasteiger partial charge in [-0.2, -0.15) is 5.10 Å². The molecule has 0 aliphatic carbocycles. The van der Waals surface area contributed by atoms with E-state index in [0.29, 0.717) is 6.54 Å². The average molecular weight is 296 g/mol. The van der Waals surface area contributed by atoms with Gasteiger partial charge < -0.3 is 11.5 Å². The number of hydrogen-bond acceptors (Lipinski definition) is 3. The van der Waals surface area contributed by atoms with Crippen LogP contribution in [0.4, 0.5) is 4.39 Å². The third-order valence-corrected chi connectivity index (χ3v) is 3.61.